The lowest BCUT2D eigenvalue weighted by molar-refractivity contribution is -0.339. The first-order valence-corrected chi connectivity index (χ1v) is 30.6. The van der Waals surface area contributed by atoms with Crippen LogP contribution in [0.3, 0.4) is 0 Å². The summed E-state index contributed by atoms with van der Waals surface area (Å²) >= 11 is 0. The maximum Gasteiger partial charge on any atom is 0.364 e. The van der Waals surface area contributed by atoms with E-state index in [1.165, 1.54) is 116 Å². The van der Waals surface area contributed by atoms with Crippen LogP contribution in [0.4, 0.5) is 0 Å². The molecule has 0 aromatic rings. The summed E-state index contributed by atoms with van der Waals surface area (Å²) in [7, 11) is 0. The molecule has 2 saturated heterocycles. The molecule has 0 aliphatic carbocycles. The number of nitrogens with one attached hydrogen (secondary N) is 2. The van der Waals surface area contributed by atoms with Crippen LogP contribution in [0, 0.1) is 5.92 Å². The van der Waals surface area contributed by atoms with Gasteiger partial charge in [-0.05, 0) is 18.8 Å². The minimum atomic E-state index is -2.89. The van der Waals surface area contributed by atoms with Gasteiger partial charge >= 0.3 is 5.97 Å². The van der Waals surface area contributed by atoms with Gasteiger partial charge in [-0.1, -0.05) is 207 Å². The topological polar surface area (TPSA) is 355 Å². The lowest BCUT2D eigenvalue weighted by Crippen LogP contribution is -2.68. The summed E-state index contributed by atoms with van der Waals surface area (Å²) in [4.78, 5) is 38.3. The highest BCUT2D eigenvalue weighted by Gasteiger charge is 2.57. The van der Waals surface area contributed by atoms with Gasteiger partial charge in [-0.3, -0.25) is 9.59 Å². The molecule has 0 bridgehead atoms. The quantitative estimate of drug-likeness (QED) is 0.0378. The molecule has 2 heterocycles. The van der Waals surface area contributed by atoms with E-state index in [2.05, 4.69) is 31.4 Å². The van der Waals surface area contributed by atoms with E-state index in [1.807, 2.05) is 0 Å². The van der Waals surface area contributed by atoms with Crippen molar-refractivity contribution in [1.29, 1.82) is 0 Å². The van der Waals surface area contributed by atoms with Crippen LogP contribution < -0.4 is 10.6 Å². The summed E-state index contributed by atoms with van der Waals surface area (Å²) in [6.07, 6.45) is 10.9. The van der Waals surface area contributed by atoms with Crippen LogP contribution in [0.1, 0.15) is 226 Å². The number of carboxylic acids is 1. The van der Waals surface area contributed by atoms with Crippen LogP contribution in [0.5, 0.6) is 0 Å². The Hall–Kier alpha value is -2.19. The fraction of sp³-hybridized carbons (Fsp3) is 0.948. The van der Waals surface area contributed by atoms with Gasteiger partial charge in [-0.15, -0.1) is 0 Å². The number of hydrogen-bond donors (Lipinski definition) is 14. The number of ether oxygens (including phenoxy) is 4. The Bertz CT molecular complexity index is 1570. The summed E-state index contributed by atoms with van der Waals surface area (Å²) in [5, 5.41) is 132. The van der Waals surface area contributed by atoms with Gasteiger partial charge in [0.1, 0.15) is 61.5 Å². The lowest BCUT2D eigenvalue weighted by Gasteiger charge is -2.47. The molecule has 79 heavy (non-hydrogen) atoms. The Balaban J connectivity index is 2.02. The second-order valence-electron chi connectivity index (χ2n) is 23.1. The molecule has 0 radical (unpaired) electrons. The van der Waals surface area contributed by atoms with Crippen LogP contribution in [0.15, 0.2) is 0 Å². The third-order valence-corrected chi connectivity index (χ3v) is 15.7. The van der Waals surface area contributed by atoms with Crippen LogP contribution in [0.2, 0.25) is 0 Å². The molecule has 2 aliphatic heterocycles. The molecule has 0 aromatic carbocycles. The van der Waals surface area contributed by atoms with Crippen LogP contribution in [-0.4, -0.2) is 197 Å². The number of carboxylic acid groups (broad SMARTS) is 1. The van der Waals surface area contributed by atoms with Gasteiger partial charge in [0.05, 0.1) is 44.1 Å². The van der Waals surface area contributed by atoms with Gasteiger partial charge in [-0.25, -0.2) is 4.79 Å². The van der Waals surface area contributed by atoms with Crippen LogP contribution in [0.25, 0.3) is 0 Å². The van der Waals surface area contributed by atoms with Crippen molar-refractivity contribution < 1.29 is 94.6 Å². The number of rotatable bonds is 48. The van der Waals surface area contributed by atoms with Gasteiger partial charge < -0.3 is 90.9 Å². The molecular formula is C58H110N2O19. The standard InChI is InChI=1S/C58H110N2O19/c1-4-5-6-7-8-9-10-11-12-13-14-15-16-17-18-21-25-28-31-34-43(64)55(73)59-41(49(68)42(63)33-30-27-24-22-19-20-23-26-29-32-40(2)3)38-76-56-53(72)52(71)51(70)46(78-56)39-77-58(57(74)75)35-44(65)48(60-47(67)37-62)54(79-58)50(69)45(66)36-61/h40-46,48-54,56,61-66,68-72H,4-39H2,1-3H3,(H,59,73)(H,60,67)(H,74,75). The van der Waals surface area contributed by atoms with Gasteiger partial charge in [0.25, 0.3) is 5.79 Å². The first-order valence-electron chi connectivity index (χ1n) is 30.6. The van der Waals surface area contributed by atoms with E-state index < -0.39 is 142 Å². The van der Waals surface area contributed by atoms with Crippen LogP contribution >= 0.6 is 0 Å². The number of hydrogen-bond acceptors (Lipinski definition) is 18. The summed E-state index contributed by atoms with van der Waals surface area (Å²) < 4.78 is 22.8. The number of amides is 2. The summed E-state index contributed by atoms with van der Waals surface area (Å²) in [5.41, 5.74) is 0. The fourth-order valence-corrected chi connectivity index (χ4v) is 10.5. The first-order chi connectivity index (χ1) is 37.8. The molecule has 2 amide bonds. The second-order valence-corrected chi connectivity index (χ2v) is 23.1. The number of aliphatic hydroxyl groups excluding tert-OH is 11. The zero-order valence-electron chi connectivity index (χ0n) is 48.3. The molecule has 2 aliphatic rings. The average Bonchev–Trinajstić information content (AvgIpc) is 3.45. The van der Waals surface area contributed by atoms with Crippen molar-refractivity contribution in [1.82, 2.24) is 10.6 Å². The van der Waals surface area contributed by atoms with Crippen molar-refractivity contribution in [2.45, 2.75) is 318 Å². The van der Waals surface area contributed by atoms with Crippen LogP contribution in [-0.2, 0) is 33.3 Å². The maximum absolute atomic E-state index is 13.5. The lowest BCUT2D eigenvalue weighted by atomic mass is 9.88. The molecule has 0 saturated carbocycles. The Morgan fingerprint density at radius 3 is 1.54 bits per heavy atom. The highest BCUT2D eigenvalue weighted by atomic mass is 16.7. The fourth-order valence-electron chi connectivity index (χ4n) is 10.5. The van der Waals surface area contributed by atoms with Crippen molar-refractivity contribution in [2.24, 2.45) is 5.92 Å². The molecule has 0 aromatic heterocycles. The van der Waals surface area contributed by atoms with E-state index >= 15 is 0 Å². The van der Waals surface area contributed by atoms with Gasteiger partial charge in [0.2, 0.25) is 11.8 Å². The smallest absolute Gasteiger partial charge is 0.364 e. The first kappa shape index (κ1) is 72.9. The molecule has 2 fully saturated rings. The van der Waals surface area contributed by atoms with E-state index in [0.29, 0.717) is 18.8 Å². The van der Waals surface area contributed by atoms with Gasteiger partial charge in [0, 0.05) is 6.42 Å². The Morgan fingerprint density at radius 2 is 1.09 bits per heavy atom. The van der Waals surface area contributed by atoms with E-state index in [1.54, 1.807) is 0 Å². The zero-order valence-corrected chi connectivity index (χ0v) is 48.3. The van der Waals surface area contributed by atoms with Crippen molar-refractivity contribution in [2.75, 3.05) is 26.4 Å². The number of aliphatic hydroxyl groups is 11. The number of unbranched alkanes of at least 4 members (excludes halogenated alkanes) is 26. The predicted molar refractivity (Wildman–Crippen MR) is 296 cm³/mol. The summed E-state index contributed by atoms with van der Waals surface area (Å²) in [6.45, 7) is 2.96. The molecule has 21 heteroatoms. The molecule has 466 valence electrons. The molecule has 15 unspecified atom stereocenters. The molecule has 15 atom stereocenters. The SMILES string of the molecule is CCCCCCCCCCCCCCCCCCCCCC(O)C(=O)NC(COC1OC(COC2(C(=O)O)CC(O)C(NC(=O)CO)C(C(O)C(O)CO)O2)C(O)C(O)C1O)C(O)C(O)CCCCCCCCCCCC(C)C. The Kier molecular flexibility index (Phi) is 39.3. The zero-order chi connectivity index (χ0) is 58.6. The van der Waals surface area contributed by atoms with E-state index in [9.17, 15) is 75.7 Å². The van der Waals surface area contributed by atoms with Crippen molar-refractivity contribution in [3.05, 3.63) is 0 Å². The van der Waals surface area contributed by atoms with Crippen molar-refractivity contribution >= 4 is 17.8 Å². The van der Waals surface area contributed by atoms with Crippen molar-refractivity contribution in [3.63, 3.8) is 0 Å². The van der Waals surface area contributed by atoms with Gasteiger partial charge in [-0.2, -0.15) is 0 Å². The normalized spacial score (nSPS) is 25.9. The third kappa shape index (κ3) is 28.8. The largest absolute Gasteiger partial charge is 0.477 e. The van der Waals surface area contributed by atoms with Crippen molar-refractivity contribution in [3.8, 4) is 0 Å². The Morgan fingerprint density at radius 1 is 0.620 bits per heavy atom. The molecule has 14 N–H and O–H groups in total. The summed E-state index contributed by atoms with van der Waals surface area (Å²) in [6, 6.07) is -3.03. The molecule has 2 rings (SSSR count). The second kappa shape index (κ2) is 42.6. The highest BCUT2D eigenvalue weighted by Crippen LogP contribution is 2.35. The summed E-state index contributed by atoms with van der Waals surface area (Å²) in [5.74, 6) is -5.97. The number of carbonyl (C=O) groups excluding carboxylic acids is 2. The Labute approximate surface area is 471 Å². The number of aliphatic carboxylic acids is 1. The van der Waals surface area contributed by atoms with E-state index in [4.69, 9.17) is 18.9 Å². The van der Waals surface area contributed by atoms with E-state index in [-0.39, 0.29) is 12.8 Å². The van der Waals surface area contributed by atoms with E-state index in [0.717, 1.165) is 57.8 Å². The highest BCUT2D eigenvalue weighted by molar-refractivity contribution is 5.80. The minimum Gasteiger partial charge on any atom is -0.477 e. The minimum absolute atomic E-state index is 0.142. The monoisotopic (exact) mass is 1140 g/mol. The molecule has 21 nitrogen and oxygen atoms in total. The molecule has 0 spiro atoms. The molecular weight excluding hydrogens is 1030 g/mol. The third-order valence-electron chi connectivity index (χ3n) is 15.7. The average molecular weight is 1140 g/mol. The number of carbonyl (C=O) groups is 3. The predicted octanol–water partition coefficient (Wildman–Crippen LogP) is 4.29. The van der Waals surface area contributed by atoms with Gasteiger partial charge in [0.15, 0.2) is 6.29 Å². The maximum atomic E-state index is 13.5.